The fourth-order valence-electron chi connectivity index (χ4n) is 2.25. The summed E-state index contributed by atoms with van der Waals surface area (Å²) in [5.41, 5.74) is 7.38. The number of thioether (sulfide) groups is 1. The lowest BCUT2D eigenvalue weighted by Crippen LogP contribution is -2.51. The summed E-state index contributed by atoms with van der Waals surface area (Å²) >= 11 is 14.2. The van der Waals surface area contributed by atoms with E-state index in [9.17, 15) is 0 Å². The number of hydrogen-bond donors (Lipinski definition) is 1. The maximum absolute atomic E-state index is 6.33. The van der Waals surface area contributed by atoms with Gasteiger partial charge < -0.3 is 10.6 Å². The molecule has 2 atom stereocenters. The summed E-state index contributed by atoms with van der Waals surface area (Å²) < 4.78 is 0. The molecule has 2 unspecified atom stereocenters. The molecule has 1 aliphatic heterocycles. The van der Waals surface area contributed by atoms with E-state index in [0.717, 1.165) is 24.3 Å². The van der Waals surface area contributed by atoms with E-state index in [4.69, 9.17) is 28.9 Å². The van der Waals surface area contributed by atoms with E-state index in [1.807, 2.05) is 30.0 Å². The van der Waals surface area contributed by atoms with Gasteiger partial charge in [-0.05, 0) is 25.1 Å². The third-order valence-electron chi connectivity index (χ3n) is 3.42. The van der Waals surface area contributed by atoms with Gasteiger partial charge in [0.25, 0.3) is 0 Å². The molecule has 0 radical (unpaired) electrons. The number of benzene rings is 1. The molecule has 1 aromatic rings. The van der Waals surface area contributed by atoms with Gasteiger partial charge >= 0.3 is 0 Å². The molecule has 0 aliphatic carbocycles. The predicted molar refractivity (Wildman–Crippen MR) is 81.9 cm³/mol. The molecular weight excluding hydrogens is 287 g/mol. The molecular formula is C13H18Cl2N2S. The number of hydrogen-bond acceptors (Lipinski definition) is 3. The van der Waals surface area contributed by atoms with Gasteiger partial charge in [0.15, 0.2) is 0 Å². The quantitative estimate of drug-likeness (QED) is 0.931. The first kappa shape index (κ1) is 14.5. The Hall–Kier alpha value is 0.0700. The summed E-state index contributed by atoms with van der Waals surface area (Å²) in [6, 6.07) is 6.25. The molecule has 5 heteroatoms. The average molecular weight is 305 g/mol. The fourth-order valence-corrected chi connectivity index (χ4v) is 3.98. The van der Waals surface area contributed by atoms with E-state index in [-0.39, 0.29) is 6.04 Å². The molecule has 0 saturated carbocycles. The van der Waals surface area contributed by atoms with Crippen LogP contribution in [-0.2, 0) is 6.42 Å². The molecule has 2 rings (SSSR count). The molecule has 0 spiro atoms. The largest absolute Gasteiger partial charge is 0.326 e. The van der Waals surface area contributed by atoms with E-state index in [1.54, 1.807) is 0 Å². The summed E-state index contributed by atoms with van der Waals surface area (Å²) in [5, 5.41) is 1.24. The maximum Gasteiger partial charge on any atom is 0.0624 e. The minimum atomic E-state index is 0.0961. The van der Waals surface area contributed by atoms with Crippen molar-refractivity contribution in [2.24, 2.45) is 5.73 Å². The zero-order chi connectivity index (χ0) is 13.1. The van der Waals surface area contributed by atoms with Gasteiger partial charge in [0.2, 0.25) is 0 Å². The standard InChI is InChI=1S/C13H18Cl2N2S/c1-17-5-6-18-8-12(17)11(16)7-9-3-2-4-10(14)13(9)15/h2-4,11-12H,5-8,16H2,1H3. The van der Waals surface area contributed by atoms with Crippen LogP contribution in [0.15, 0.2) is 18.2 Å². The third kappa shape index (κ3) is 3.34. The molecule has 1 saturated heterocycles. The SMILES string of the molecule is CN1CCSCC1C(N)Cc1cccc(Cl)c1Cl. The summed E-state index contributed by atoms with van der Waals surface area (Å²) in [6.45, 7) is 1.10. The smallest absolute Gasteiger partial charge is 0.0624 e. The van der Waals surface area contributed by atoms with Crippen molar-refractivity contribution in [3.05, 3.63) is 33.8 Å². The second-order valence-corrected chi connectivity index (χ2v) is 6.64. The molecule has 0 aromatic heterocycles. The topological polar surface area (TPSA) is 29.3 Å². The van der Waals surface area contributed by atoms with Gasteiger partial charge in [-0.15, -0.1) is 0 Å². The summed E-state index contributed by atoms with van der Waals surface area (Å²) in [6.07, 6.45) is 0.773. The van der Waals surface area contributed by atoms with Crippen molar-refractivity contribution in [2.45, 2.75) is 18.5 Å². The van der Waals surface area contributed by atoms with Gasteiger partial charge in [-0.3, -0.25) is 0 Å². The van der Waals surface area contributed by atoms with Crippen LogP contribution in [0.2, 0.25) is 10.0 Å². The number of likely N-dealkylation sites (N-methyl/N-ethyl adjacent to an activating group) is 1. The maximum atomic E-state index is 6.33. The third-order valence-corrected chi connectivity index (χ3v) is 5.33. The first-order chi connectivity index (χ1) is 8.59. The van der Waals surface area contributed by atoms with E-state index in [0.29, 0.717) is 16.1 Å². The number of rotatable bonds is 3. The monoisotopic (exact) mass is 304 g/mol. The van der Waals surface area contributed by atoms with Crippen LogP contribution in [0.5, 0.6) is 0 Å². The Bertz CT molecular complexity index is 414. The minimum Gasteiger partial charge on any atom is -0.326 e. The van der Waals surface area contributed by atoms with E-state index in [1.165, 1.54) is 5.75 Å². The van der Waals surface area contributed by atoms with Crippen molar-refractivity contribution >= 4 is 35.0 Å². The van der Waals surface area contributed by atoms with Crippen molar-refractivity contribution in [1.29, 1.82) is 0 Å². The van der Waals surface area contributed by atoms with E-state index >= 15 is 0 Å². The van der Waals surface area contributed by atoms with Gasteiger partial charge in [-0.2, -0.15) is 11.8 Å². The Balaban J connectivity index is 2.06. The first-order valence-corrected chi connectivity index (χ1v) is 7.97. The summed E-state index contributed by atoms with van der Waals surface area (Å²) in [7, 11) is 2.14. The molecule has 1 fully saturated rings. The van der Waals surface area contributed by atoms with Gasteiger partial charge in [-0.1, -0.05) is 35.3 Å². The molecule has 2 N–H and O–H groups in total. The van der Waals surface area contributed by atoms with Crippen LogP contribution in [0.3, 0.4) is 0 Å². The normalized spacial score (nSPS) is 23.0. The lowest BCUT2D eigenvalue weighted by atomic mass is 10.00. The molecule has 1 aliphatic rings. The second kappa shape index (κ2) is 6.49. The van der Waals surface area contributed by atoms with Crippen molar-refractivity contribution in [3.63, 3.8) is 0 Å². The van der Waals surface area contributed by atoms with Crippen molar-refractivity contribution in [3.8, 4) is 0 Å². The Morgan fingerprint density at radius 2 is 2.28 bits per heavy atom. The van der Waals surface area contributed by atoms with Crippen LogP contribution >= 0.6 is 35.0 Å². The Labute approximate surface area is 123 Å². The Morgan fingerprint density at radius 3 is 3.00 bits per heavy atom. The van der Waals surface area contributed by atoms with Crippen molar-refractivity contribution in [2.75, 3.05) is 25.1 Å². The number of nitrogens with zero attached hydrogens (tertiary/aromatic N) is 1. The minimum absolute atomic E-state index is 0.0961. The highest BCUT2D eigenvalue weighted by atomic mass is 35.5. The molecule has 0 amide bonds. The Morgan fingerprint density at radius 1 is 1.50 bits per heavy atom. The highest BCUT2D eigenvalue weighted by molar-refractivity contribution is 7.99. The zero-order valence-corrected chi connectivity index (χ0v) is 12.7. The van der Waals surface area contributed by atoms with Crippen molar-refractivity contribution in [1.82, 2.24) is 4.90 Å². The summed E-state index contributed by atoms with van der Waals surface area (Å²) in [4.78, 5) is 2.35. The molecule has 18 heavy (non-hydrogen) atoms. The average Bonchev–Trinajstić information content (AvgIpc) is 2.35. The summed E-state index contributed by atoms with van der Waals surface area (Å²) in [5.74, 6) is 2.29. The van der Waals surface area contributed by atoms with Crippen LogP contribution in [0.25, 0.3) is 0 Å². The second-order valence-electron chi connectivity index (χ2n) is 4.70. The van der Waals surface area contributed by atoms with E-state index in [2.05, 4.69) is 11.9 Å². The highest BCUT2D eigenvalue weighted by Crippen LogP contribution is 2.27. The number of nitrogens with two attached hydrogens (primary N) is 1. The van der Waals surface area contributed by atoms with Gasteiger partial charge in [0.05, 0.1) is 10.0 Å². The molecule has 0 bridgehead atoms. The van der Waals surface area contributed by atoms with E-state index < -0.39 is 0 Å². The first-order valence-electron chi connectivity index (χ1n) is 6.06. The zero-order valence-electron chi connectivity index (χ0n) is 10.4. The highest BCUT2D eigenvalue weighted by Gasteiger charge is 2.26. The van der Waals surface area contributed by atoms with Gasteiger partial charge in [0, 0.05) is 30.1 Å². The Kier molecular flexibility index (Phi) is 5.22. The fraction of sp³-hybridized carbons (Fsp3) is 0.538. The lowest BCUT2D eigenvalue weighted by Gasteiger charge is -2.36. The van der Waals surface area contributed by atoms with Crippen LogP contribution in [0.4, 0.5) is 0 Å². The molecule has 1 aromatic carbocycles. The van der Waals surface area contributed by atoms with Gasteiger partial charge in [0.1, 0.15) is 0 Å². The molecule has 1 heterocycles. The molecule has 2 nitrogen and oxygen atoms in total. The van der Waals surface area contributed by atoms with Crippen LogP contribution in [-0.4, -0.2) is 42.1 Å². The predicted octanol–water partition coefficient (Wildman–Crippen LogP) is 2.91. The van der Waals surface area contributed by atoms with Crippen molar-refractivity contribution < 1.29 is 0 Å². The lowest BCUT2D eigenvalue weighted by molar-refractivity contribution is 0.235. The van der Waals surface area contributed by atoms with Crippen LogP contribution in [0, 0.1) is 0 Å². The van der Waals surface area contributed by atoms with Crippen LogP contribution in [0.1, 0.15) is 5.56 Å². The van der Waals surface area contributed by atoms with Gasteiger partial charge in [-0.25, -0.2) is 0 Å². The molecule has 100 valence electrons. The number of halogens is 2. The van der Waals surface area contributed by atoms with Crippen LogP contribution < -0.4 is 5.73 Å².